The maximum absolute atomic E-state index is 13.5. The van der Waals surface area contributed by atoms with E-state index in [2.05, 4.69) is 12.2 Å². The highest BCUT2D eigenvalue weighted by Crippen LogP contribution is 2.30. The Balaban J connectivity index is 1.94. The third kappa shape index (κ3) is 3.62. The molecular weight excluding hydrogens is 265 g/mol. The largest absolute Gasteiger partial charge is 0.508 e. The molecule has 2 N–H and O–H groups in total. The molecule has 5 heteroatoms. The van der Waals surface area contributed by atoms with E-state index < -0.39 is 11.7 Å². The molecule has 0 heterocycles. The van der Waals surface area contributed by atoms with Gasteiger partial charge in [0.05, 0.1) is 5.56 Å². The topological polar surface area (TPSA) is 49.3 Å². The molecule has 19 heavy (non-hydrogen) atoms. The molecule has 0 saturated heterocycles. The SMILES string of the molecule is CCS[C@H]1CC[C@H](NC(=O)c2ccc(O)cc2F)C1. The smallest absolute Gasteiger partial charge is 0.254 e. The van der Waals surface area contributed by atoms with Gasteiger partial charge in [-0.25, -0.2) is 4.39 Å². The minimum atomic E-state index is -0.685. The van der Waals surface area contributed by atoms with Crippen LogP contribution in [0, 0.1) is 5.82 Å². The highest BCUT2D eigenvalue weighted by Gasteiger charge is 2.26. The van der Waals surface area contributed by atoms with Gasteiger partial charge < -0.3 is 10.4 Å². The predicted octanol–water partition coefficient (Wildman–Crippen LogP) is 2.94. The maximum Gasteiger partial charge on any atom is 0.254 e. The van der Waals surface area contributed by atoms with Gasteiger partial charge >= 0.3 is 0 Å². The average Bonchev–Trinajstić information content (AvgIpc) is 2.76. The molecule has 0 unspecified atom stereocenters. The van der Waals surface area contributed by atoms with Crippen molar-refractivity contribution in [3.05, 3.63) is 29.6 Å². The van der Waals surface area contributed by atoms with Crippen LogP contribution in [0.5, 0.6) is 5.75 Å². The summed E-state index contributed by atoms with van der Waals surface area (Å²) in [6.45, 7) is 2.13. The monoisotopic (exact) mass is 283 g/mol. The van der Waals surface area contributed by atoms with Gasteiger partial charge in [-0.2, -0.15) is 11.8 Å². The maximum atomic E-state index is 13.5. The van der Waals surface area contributed by atoms with Crippen LogP contribution in [-0.4, -0.2) is 28.1 Å². The average molecular weight is 283 g/mol. The highest BCUT2D eigenvalue weighted by molar-refractivity contribution is 7.99. The summed E-state index contributed by atoms with van der Waals surface area (Å²) in [7, 11) is 0. The number of carbonyl (C=O) groups excluding carboxylic acids is 1. The standard InChI is InChI=1S/C14H18FNO2S/c1-2-19-11-5-3-9(7-11)16-14(18)12-6-4-10(17)8-13(12)15/h4,6,8-9,11,17H,2-3,5,7H2,1H3,(H,16,18)/t9-,11-/m0/s1. The van der Waals surface area contributed by atoms with E-state index in [-0.39, 0.29) is 17.4 Å². The number of amides is 1. The zero-order valence-electron chi connectivity index (χ0n) is 10.9. The van der Waals surface area contributed by atoms with Gasteiger partial charge in [0.2, 0.25) is 0 Å². The Kier molecular flexibility index (Phi) is 4.69. The molecule has 3 nitrogen and oxygen atoms in total. The van der Waals surface area contributed by atoms with Gasteiger partial charge in [0, 0.05) is 17.4 Å². The quantitative estimate of drug-likeness (QED) is 0.893. The van der Waals surface area contributed by atoms with Crippen LogP contribution in [0.3, 0.4) is 0 Å². The van der Waals surface area contributed by atoms with Gasteiger partial charge in [0.1, 0.15) is 11.6 Å². The first kappa shape index (κ1) is 14.2. The fourth-order valence-electron chi connectivity index (χ4n) is 2.41. The number of nitrogens with one attached hydrogen (secondary N) is 1. The van der Waals surface area contributed by atoms with Crippen LogP contribution >= 0.6 is 11.8 Å². The second-order valence-corrected chi connectivity index (χ2v) is 6.30. The van der Waals surface area contributed by atoms with Crippen molar-refractivity contribution in [3.63, 3.8) is 0 Å². The lowest BCUT2D eigenvalue weighted by Crippen LogP contribution is -2.33. The van der Waals surface area contributed by atoms with Crippen molar-refractivity contribution in [1.82, 2.24) is 5.32 Å². The van der Waals surface area contributed by atoms with E-state index in [0.29, 0.717) is 5.25 Å². The summed E-state index contributed by atoms with van der Waals surface area (Å²) in [5.74, 6) is -0.174. The second-order valence-electron chi connectivity index (χ2n) is 4.72. The molecule has 0 aliphatic heterocycles. The molecule has 1 amide bonds. The number of phenols is 1. The van der Waals surface area contributed by atoms with E-state index in [0.717, 1.165) is 31.1 Å². The van der Waals surface area contributed by atoms with Crippen molar-refractivity contribution in [1.29, 1.82) is 0 Å². The van der Waals surface area contributed by atoms with Crippen molar-refractivity contribution in [2.75, 3.05) is 5.75 Å². The van der Waals surface area contributed by atoms with Crippen molar-refractivity contribution >= 4 is 17.7 Å². The number of halogens is 1. The van der Waals surface area contributed by atoms with E-state index in [1.165, 1.54) is 12.1 Å². The third-order valence-electron chi connectivity index (χ3n) is 3.32. The molecule has 0 radical (unpaired) electrons. The highest BCUT2D eigenvalue weighted by atomic mass is 32.2. The van der Waals surface area contributed by atoms with Crippen LogP contribution in [0.4, 0.5) is 4.39 Å². The Morgan fingerprint density at radius 1 is 1.53 bits per heavy atom. The molecule has 2 atom stereocenters. The summed E-state index contributed by atoms with van der Waals surface area (Å²) in [5, 5.41) is 12.6. The molecule has 2 rings (SSSR count). The number of hydrogen-bond acceptors (Lipinski definition) is 3. The Bertz CT molecular complexity index is 467. The summed E-state index contributed by atoms with van der Waals surface area (Å²) >= 11 is 1.91. The van der Waals surface area contributed by atoms with Crippen molar-refractivity contribution < 1.29 is 14.3 Å². The molecule has 1 saturated carbocycles. The van der Waals surface area contributed by atoms with Crippen LogP contribution in [0.2, 0.25) is 0 Å². The predicted molar refractivity (Wildman–Crippen MR) is 75.1 cm³/mol. The lowest BCUT2D eigenvalue weighted by atomic mass is 10.1. The summed E-state index contributed by atoms with van der Waals surface area (Å²) in [4.78, 5) is 12.0. The van der Waals surface area contributed by atoms with Gasteiger partial charge in [0.25, 0.3) is 5.91 Å². The first-order valence-electron chi connectivity index (χ1n) is 6.51. The number of hydrogen-bond donors (Lipinski definition) is 2. The zero-order valence-corrected chi connectivity index (χ0v) is 11.7. The van der Waals surface area contributed by atoms with Crippen molar-refractivity contribution in [2.45, 2.75) is 37.5 Å². The lowest BCUT2D eigenvalue weighted by Gasteiger charge is -2.13. The molecule has 1 aromatic carbocycles. The van der Waals surface area contributed by atoms with E-state index in [4.69, 9.17) is 5.11 Å². The number of aromatic hydroxyl groups is 1. The van der Waals surface area contributed by atoms with E-state index in [9.17, 15) is 9.18 Å². The third-order valence-corrected chi connectivity index (χ3v) is 4.55. The Hall–Kier alpha value is -1.23. The molecule has 1 aromatic rings. The van der Waals surface area contributed by atoms with Crippen LogP contribution in [0.25, 0.3) is 0 Å². The fraction of sp³-hybridized carbons (Fsp3) is 0.500. The number of carbonyl (C=O) groups is 1. The number of thioether (sulfide) groups is 1. The van der Waals surface area contributed by atoms with E-state index >= 15 is 0 Å². The van der Waals surface area contributed by atoms with Crippen molar-refractivity contribution in [2.24, 2.45) is 0 Å². The summed E-state index contributed by atoms with van der Waals surface area (Å²) in [6.07, 6.45) is 2.99. The van der Waals surface area contributed by atoms with Crippen LogP contribution in [0.15, 0.2) is 18.2 Å². The van der Waals surface area contributed by atoms with E-state index in [1.54, 1.807) is 0 Å². The first-order valence-corrected chi connectivity index (χ1v) is 7.56. The van der Waals surface area contributed by atoms with E-state index in [1.807, 2.05) is 11.8 Å². The van der Waals surface area contributed by atoms with Crippen LogP contribution < -0.4 is 5.32 Å². The molecule has 104 valence electrons. The Labute approximate surface area is 116 Å². The number of phenolic OH excluding ortho intramolecular Hbond substituents is 1. The minimum Gasteiger partial charge on any atom is -0.508 e. The Morgan fingerprint density at radius 2 is 2.32 bits per heavy atom. The molecule has 1 aliphatic rings. The molecule has 0 spiro atoms. The van der Waals surface area contributed by atoms with Crippen molar-refractivity contribution in [3.8, 4) is 5.75 Å². The summed E-state index contributed by atoms with van der Waals surface area (Å²) < 4.78 is 13.5. The van der Waals surface area contributed by atoms with Gasteiger partial charge in [-0.05, 0) is 37.1 Å². The lowest BCUT2D eigenvalue weighted by molar-refractivity contribution is 0.0934. The van der Waals surface area contributed by atoms with Crippen LogP contribution in [-0.2, 0) is 0 Å². The second kappa shape index (κ2) is 6.28. The Morgan fingerprint density at radius 3 is 3.00 bits per heavy atom. The molecule has 0 bridgehead atoms. The number of rotatable bonds is 4. The minimum absolute atomic E-state index is 0.00982. The molecule has 1 fully saturated rings. The summed E-state index contributed by atoms with van der Waals surface area (Å²) in [5.41, 5.74) is -0.00982. The molecular formula is C14H18FNO2S. The fourth-order valence-corrected chi connectivity index (χ4v) is 3.55. The zero-order chi connectivity index (χ0) is 13.8. The molecule has 1 aliphatic carbocycles. The van der Waals surface area contributed by atoms with Crippen LogP contribution in [0.1, 0.15) is 36.5 Å². The van der Waals surface area contributed by atoms with Gasteiger partial charge in [-0.15, -0.1) is 0 Å². The normalized spacial score (nSPS) is 22.4. The molecule has 0 aromatic heterocycles. The first-order chi connectivity index (χ1) is 9.10. The number of benzene rings is 1. The van der Waals surface area contributed by atoms with Gasteiger partial charge in [-0.3, -0.25) is 4.79 Å². The summed E-state index contributed by atoms with van der Waals surface area (Å²) in [6, 6.07) is 3.72. The van der Waals surface area contributed by atoms with Gasteiger partial charge in [-0.1, -0.05) is 6.92 Å². The van der Waals surface area contributed by atoms with Gasteiger partial charge in [0.15, 0.2) is 0 Å².